The van der Waals surface area contributed by atoms with Crippen LogP contribution in [0, 0.1) is 20.8 Å². The summed E-state index contributed by atoms with van der Waals surface area (Å²) in [7, 11) is 0. The molecule has 0 atom stereocenters. The summed E-state index contributed by atoms with van der Waals surface area (Å²) in [5.41, 5.74) is 9.88. The van der Waals surface area contributed by atoms with Crippen molar-refractivity contribution in [2.24, 2.45) is 0 Å². The van der Waals surface area contributed by atoms with Crippen molar-refractivity contribution in [1.29, 1.82) is 0 Å². The van der Waals surface area contributed by atoms with Crippen LogP contribution in [0.25, 0.3) is 33.0 Å². The molecule has 19 heavy (non-hydrogen) atoms. The molecule has 0 heteroatoms. The molecule has 0 spiro atoms. The van der Waals surface area contributed by atoms with Crippen LogP contribution in [-0.2, 0) is 0 Å². The third-order valence-electron chi connectivity index (χ3n) is 4.40. The Hall–Kier alpha value is -2.08. The predicted octanol–water partition coefficient (Wildman–Crippen LogP) is 5.41. The van der Waals surface area contributed by atoms with Crippen molar-refractivity contribution in [1.82, 2.24) is 0 Å². The van der Waals surface area contributed by atoms with Crippen molar-refractivity contribution in [2.75, 3.05) is 0 Å². The molecule has 0 aromatic heterocycles. The van der Waals surface area contributed by atoms with E-state index < -0.39 is 0 Å². The van der Waals surface area contributed by atoms with Crippen LogP contribution in [0.2, 0.25) is 0 Å². The fourth-order valence-electron chi connectivity index (χ4n) is 3.50. The molecule has 0 bridgehead atoms. The third kappa shape index (κ3) is 1.24. The van der Waals surface area contributed by atoms with Crippen molar-refractivity contribution >= 4 is 10.8 Å². The van der Waals surface area contributed by atoms with Crippen LogP contribution in [0.15, 0.2) is 42.5 Å². The highest BCUT2D eigenvalue weighted by atomic mass is 14.3. The first kappa shape index (κ1) is 10.8. The van der Waals surface area contributed by atoms with Crippen molar-refractivity contribution in [2.45, 2.75) is 20.8 Å². The lowest BCUT2D eigenvalue weighted by Crippen LogP contribution is -1.84. The molecule has 0 aliphatic heterocycles. The topological polar surface area (TPSA) is 0 Å². The summed E-state index contributed by atoms with van der Waals surface area (Å²) in [5.74, 6) is 0. The van der Waals surface area contributed by atoms with Gasteiger partial charge in [0, 0.05) is 0 Å². The fourth-order valence-corrected chi connectivity index (χ4v) is 3.50. The molecule has 3 aromatic carbocycles. The van der Waals surface area contributed by atoms with Gasteiger partial charge in [-0.05, 0) is 70.5 Å². The van der Waals surface area contributed by atoms with Gasteiger partial charge in [-0.1, -0.05) is 42.5 Å². The molecule has 1 aliphatic rings. The van der Waals surface area contributed by atoms with Crippen molar-refractivity contribution < 1.29 is 0 Å². The molecule has 0 saturated carbocycles. The largest absolute Gasteiger partial charge is 0.0613 e. The predicted molar refractivity (Wildman–Crippen MR) is 82.6 cm³/mol. The molecular formula is C19H16. The van der Waals surface area contributed by atoms with Crippen molar-refractivity contribution in [3.05, 3.63) is 59.2 Å². The first-order valence-corrected chi connectivity index (χ1v) is 6.82. The van der Waals surface area contributed by atoms with E-state index in [1.165, 1.54) is 49.7 Å². The summed E-state index contributed by atoms with van der Waals surface area (Å²) in [6, 6.07) is 15.7. The Morgan fingerprint density at radius 2 is 1.21 bits per heavy atom. The van der Waals surface area contributed by atoms with Gasteiger partial charge in [-0.25, -0.2) is 0 Å². The molecule has 92 valence electrons. The van der Waals surface area contributed by atoms with Gasteiger partial charge < -0.3 is 0 Å². The van der Waals surface area contributed by atoms with E-state index in [-0.39, 0.29) is 0 Å². The Bertz CT molecular complexity index is 833. The molecule has 0 nitrogen and oxygen atoms in total. The molecule has 0 heterocycles. The fraction of sp³-hybridized carbons (Fsp3) is 0.158. The molecule has 0 N–H and O–H groups in total. The third-order valence-corrected chi connectivity index (χ3v) is 4.40. The summed E-state index contributed by atoms with van der Waals surface area (Å²) in [6.07, 6.45) is 0. The van der Waals surface area contributed by atoms with E-state index in [0.717, 1.165) is 0 Å². The summed E-state index contributed by atoms with van der Waals surface area (Å²) < 4.78 is 0. The minimum absolute atomic E-state index is 1.36. The Labute approximate surface area is 113 Å². The first-order valence-electron chi connectivity index (χ1n) is 6.82. The molecule has 1 aliphatic carbocycles. The van der Waals surface area contributed by atoms with Gasteiger partial charge in [0.05, 0.1) is 0 Å². The quantitative estimate of drug-likeness (QED) is 0.388. The molecule has 3 aromatic rings. The van der Waals surface area contributed by atoms with Crippen molar-refractivity contribution in [3.63, 3.8) is 0 Å². The van der Waals surface area contributed by atoms with Gasteiger partial charge in [-0.15, -0.1) is 0 Å². The van der Waals surface area contributed by atoms with Crippen LogP contribution in [0.3, 0.4) is 0 Å². The Morgan fingerprint density at radius 1 is 0.579 bits per heavy atom. The van der Waals surface area contributed by atoms with Crippen LogP contribution in [-0.4, -0.2) is 0 Å². The van der Waals surface area contributed by atoms with E-state index in [4.69, 9.17) is 0 Å². The highest BCUT2D eigenvalue weighted by Gasteiger charge is 2.25. The maximum absolute atomic E-state index is 2.27. The number of fused-ring (bicyclic) bond motifs is 3. The number of hydrogen-bond acceptors (Lipinski definition) is 0. The van der Waals surface area contributed by atoms with Crippen LogP contribution in [0.1, 0.15) is 16.7 Å². The lowest BCUT2D eigenvalue weighted by molar-refractivity contribution is 1.44. The first-order chi connectivity index (χ1) is 9.18. The molecule has 0 saturated heterocycles. The van der Waals surface area contributed by atoms with Gasteiger partial charge in [0.25, 0.3) is 0 Å². The van der Waals surface area contributed by atoms with Gasteiger partial charge in [0.15, 0.2) is 0 Å². The van der Waals surface area contributed by atoms with Crippen LogP contribution < -0.4 is 0 Å². The zero-order chi connectivity index (χ0) is 13.1. The van der Waals surface area contributed by atoms with E-state index in [2.05, 4.69) is 63.2 Å². The van der Waals surface area contributed by atoms with Gasteiger partial charge in [0.1, 0.15) is 0 Å². The lowest BCUT2D eigenvalue weighted by Gasteiger charge is -2.08. The highest BCUT2D eigenvalue weighted by Crippen LogP contribution is 2.50. The molecule has 0 radical (unpaired) electrons. The minimum Gasteiger partial charge on any atom is -0.0613 e. The second kappa shape index (κ2) is 3.48. The van der Waals surface area contributed by atoms with E-state index in [9.17, 15) is 0 Å². The molecular weight excluding hydrogens is 228 g/mol. The SMILES string of the molecule is Cc1cccc2c1-c1c(C)ccc3ccc(C)c-2c13. The molecule has 4 rings (SSSR count). The van der Waals surface area contributed by atoms with E-state index >= 15 is 0 Å². The lowest BCUT2D eigenvalue weighted by atomic mass is 9.96. The van der Waals surface area contributed by atoms with Gasteiger partial charge >= 0.3 is 0 Å². The maximum atomic E-state index is 2.27. The summed E-state index contributed by atoms with van der Waals surface area (Å²) in [5, 5.41) is 2.81. The van der Waals surface area contributed by atoms with Gasteiger partial charge in [-0.2, -0.15) is 0 Å². The normalized spacial score (nSPS) is 11.9. The Balaban J connectivity index is 2.35. The standard InChI is InChI=1S/C19H16/c1-11-5-4-6-15-16(11)18-13(3)8-10-14-9-7-12(2)17(15)19(14)18/h4-10H,1-3H3. The number of benzene rings is 3. The number of hydrogen-bond donors (Lipinski definition) is 0. The number of aryl methyl sites for hydroxylation is 3. The number of rotatable bonds is 0. The van der Waals surface area contributed by atoms with E-state index in [1.807, 2.05) is 0 Å². The second-order valence-electron chi connectivity index (χ2n) is 5.61. The van der Waals surface area contributed by atoms with E-state index in [0.29, 0.717) is 0 Å². The monoisotopic (exact) mass is 244 g/mol. The zero-order valence-electron chi connectivity index (χ0n) is 11.5. The van der Waals surface area contributed by atoms with Crippen LogP contribution in [0.4, 0.5) is 0 Å². The zero-order valence-corrected chi connectivity index (χ0v) is 11.5. The molecule has 0 amide bonds. The summed E-state index contributed by atoms with van der Waals surface area (Å²) >= 11 is 0. The Kier molecular flexibility index (Phi) is 1.98. The average molecular weight is 244 g/mol. The Morgan fingerprint density at radius 3 is 1.95 bits per heavy atom. The van der Waals surface area contributed by atoms with Crippen LogP contribution >= 0.6 is 0 Å². The highest BCUT2D eigenvalue weighted by molar-refractivity contribution is 6.17. The average Bonchev–Trinajstić information content (AvgIpc) is 2.75. The van der Waals surface area contributed by atoms with Gasteiger partial charge in [0.2, 0.25) is 0 Å². The minimum atomic E-state index is 1.36. The van der Waals surface area contributed by atoms with E-state index in [1.54, 1.807) is 0 Å². The smallest absolute Gasteiger partial charge is 0.00209 e. The van der Waals surface area contributed by atoms with Crippen LogP contribution in [0.5, 0.6) is 0 Å². The van der Waals surface area contributed by atoms with Crippen molar-refractivity contribution in [3.8, 4) is 22.3 Å². The van der Waals surface area contributed by atoms with Gasteiger partial charge in [-0.3, -0.25) is 0 Å². The second-order valence-corrected chi connectivity index (χ2v) is 5.61. The summed E-state index contributed by atoms with van der Waals surface area (Å²) in [6.45, 7) is 6.67. The molecule has 0 unspecified atom stereocenters. The summed E-state index contributed by atoms with van der Waals surface area (Å²) in [4.78, 5) is 0. The maximum Gasteiger partial charge on any atom is -0.00209 e. The molecule has 0 fully saturated rings.